The van der Waals surface area contributed by atoms with Crippen molar-refractivity contribution in [3.05, 3.63) is 0 Å². The summed E-state index contributed by atoms with van der Waals surface area (Å²) >= 11 is 0. The number of nitrogens with one attached hydrogen (secondary N) is 1. The highest BCUT2D eigenvalue weighted by Gasteiger charge is 2.20. The molecular formula is C13H26N2. The van der Waals surface area contributed by atoms with Crippen LogP contribution in [0.2, 0.25) is 0 Å². The van der Waals surface area contributed by atoms with Crippen molar-refractivity contribution >= 4 is 0 Å². The van der Waals surface area contributed by atoms with E-state index >= 15 is 0 Å². The topological polar surface area (TPSA) is 15.3 Å². The van der Waals surface area contributed by atoms with E-state index in [2.05, 4.69) is 17.1 Å². The Morgan fingerprint density at radius 2 is 2.13 bits per heavy atom. The first-order chi connectivity index (χ1) is 7.36. The van der Waals surface area contributed by atoms with Crippen LogP contribution in [0, 0.1) is 5.92 Å². The van der Waals surface area contributed by atoms with Crippen LogP contribution in [0.15, 0.2) is 0 Å². The molecule has 0 aliphatic carbocycles. The Balaban J connectivity index is 1.67. The van der Waals surface area contributed by atoms with E-state index in [-0.39, 0.29) is 0 Å². The van der Waals surface area contributed by atoms with Crippen molar-refractivity contribution in [2.75, 3.05) is 26.2 Å². The molecule has 2 heterocycles. The summed E-state index contributed by atoms with van der Waals surface area (Å²) in [5.41, 5.74) is 0. The van der Waals surface area contributed by atoms with Crippen LogP contribution in [0.25, 0.3) is 0 Å². The van der Waals surface area contributed by atoms with E-state index in [1.807, 2.05) is 0 Å². The first-order valence-corrected chi connectivity index (χ1v) is 6.81. The maximum absolute atomic E-state index is 3.52. The monoisotopic (exact) mass is 210 g/mol. The van der Waals surface area contributed by atoms with Crippen molar-refractivity contribution in [1.29, 1.82) is 0 Å². The smallest absolute Gasteiger partial charge is 0.00669 e. The average Bonchev–Trinajstić information content (AvgIpc) is 2.29. The number of likely N-dealkylation sites (tertiary alicyclic amines) is 1. The van der Waals surface area contributed by atoms with E-state index in [9.17, 15) is 0 Å². The predicted octanol–water partition coefficient (Wildman–Crippen LogP) is 2.25. The number of hydrogen-bond acceptors (Lipinski definition) is 2. The molecule has 1 N–H and O–H groups in total. The highest BCUT2D eigenvalue weighted by molar-refractivity contribution is 4.76. The van der Waals surface area contributed by atoms with Crippen molar-refractivity contribution in [2.45, 2.75) is 51.5 Å². The number of rotatable bonds is 3. The van der Waals surface area contributed by atoms with Gasteiger partial charge in [-0.25, -0.2) is 0 Å². The molecule has 0 spiro atoms. The second kappa shape index (κ2) is 5.86. The molecule has 2 saturated heterocycles. The zero-order valence-corrected chi connectivity index (χ0v) is 10.2. The van der Waals surface area contributed by atoms with Crippen molar-refractivity contribution in [3.8, 4) is 0 Å². The lowest BCUT2D eigenvalue weighted by atomic mass is 9.95. The van der Waals surface area contributed by atoms with E-state index in [4.69, 9.17) is 0 Å². The molecule has 2 nitrogen and oxygen atoms in total. The van der Waals surface area contributed by atoms with E-state index in [1.54, 1.807) is 0 Å². The molecule has 0 bridgehead atoms. The third kappa shape index (κ3) is 3.46. The van der Waals surface area contributed by atoms with Gasteiger partial charge in [-0.2, -0.15) is 0 Å². The minimum atomic E-state index is 0.843. The highest BCUT2D eigenvalue weighted by Crippen LogP contribution is 2.20. The standard InChI is InChI=1S/C13H26N2/c1-12-5-2-3-9-15(12)10-7-13-6-4-8-14-11-13/h12-14H,2-11H2,1H3/t12-,13-/m1/s1. The zero-order chi connectivity index (χ0) is 10.5. The fourth-order valence-electron chi connectivity index (χ4n) is 3.01. The molecule has 2 heteroatoms. The summed E-state index contributed by atoms with van der Waals surface area (Å²) < 4.78 is 0. The molecule has 2 fully saturated rings. The molecule has 0 saturated carbocycles. The van der Waals surface area contributed by atoms with Gasteiger partial charge in [-0.05, 0) is 71.1 Å². The number of nitrogens with zero attached hydrogens (tertiary/aromatic N) is 1. The first-order valence-electron chi connectivity index (χ1n) is 6.81. The highest BCUT2D eigenvalue weighted by atomic mass is 15.2. The van der Waals surface area contributed by atoms with Crippen molar-refractivity contribution in [3.63, 3.8) is 0 Å². The summed E-state index contributed by atoms with van der Waals surface area (Å²) in [5.74, 6) is 0.952. The Hall–Kier alpha value is -0.0800. The van der Waals surface area contributed by atoms with Crippen molar-refractivity contribution in [1.82, 2.24) is 10.2 Å². The molecule has 0 amide bonds. The van der Waals surface area contributed by atoms with E-state index in [1.165, 1.54) is 64.7 Å². The lowest BCUT2D eigenvalue weighted by molar-refractivity contribution is 0.146. The van der Waals surface area contributed by atoms with E-state index < -0.39 is 0 Å². The third-order valence-electron chi connectivity index (χ3n) is 4.16. The minimum absolute atomic E-state index is 0.843. The van der Waals surface area contributed by atoms with Crippen LogP contribution in [-0.4, -0.2) is 37.1 Å². The first kappa shape index (κ1) is 11.4. The van der Waals surface area contributed by atoms with Crippen LogP contribution >= 0.6 is 0 Å². The van der Waals surface area contributed by atoms with Gasteiger partial charge >= 0.3 is 0 Å². The second-order valence-electron chi connectivity index (χ2n) is 5.38. The molecule has 2 rings (SSSR count). The molecule has 15 heavy (non-hydrogen) atoms. The summed E-state index contributed by atoms with van der Waals surface area (Å²) in [6.07, 6.45) is 8.55. The zero-order valence-electron chi connectivity index (χ0n) is 10.2. The van der Waals surface area contributed by atoms with Crippen LogP contribution in [0.1, 0.15) is 45.4 Å². The van der Waals surface area contributed by atoms with Crippen LogP contribution in [0.5, 0.6) is 0 Å². The normalized spacial score (nSPS) is 34.2. The number of piperidine rings is 2. The minimum Gasteiger partial charge on any atom is -0.316 e. The Morgan fingerprint density at radius 1 is 1.20 bits per heavy atom. The Kier molecular flexibility index (Phi) is 4.45. The van der Waals surface area contributed by atoms with Crippen molar-refractivity contribution < 1.29 is 0 Å². The van der Waals surface area contributed by atoms with Gasteiger partial charge in [0.15, 0.2) is 0 Å². The van der Waals surface area contributed by atoms with Gasteiger partial charge in [-0.3, -0.25) is 0 Å². The van der Waals surface area contributed by atoms with Gasteiger partial charge in [0.25, 0.3) is 0 Å². The largest absolute Gasteiger partial charge is 0.316 e. The summed E-state index contributed by atoms with van der Waals surface area (Å²) in [6, 6.07) is 0.843. The lowest BCUT2D eigenvalue weighted by Gasteiger charge is -2.35. The number of hydrogen-bond donors (Lipinski definition) is 1. The van der Waals surface area contributed by atoms with Gasteiger partial charge in [0.1, 0.15) is 0 Å². The van der Waals surface area contributed by atoms with Crippen molar-refractivity contribution in [2.24, 2.45) is 5.92 Å². The lowest BCUT2D eigenvalue weighted by Crippen LogP contribution is -2.40. The van der Waals surface area contributed by atoms with Gasteiger partial charge in [-0.1, -0.05) is 6.42 Å². The van der Waals surface area contributed by atoms with Gasteiger partial charge in [0.2, 0.25) is 0 Å². The molecule has 0 unspecified atom stereocenters. The molecule has 2 aliphatic heterocycles. The SMILES string of the molecule is C[C@@H]1CCCCN1CC[C@H]1CCCNC1. The molecule has 2 aliphatic rings. The molecule has 0 aromatic rings. The van der Waals surface area contributed by atoms with Gasteiger partial charge in [0.05, 0.1) is 0 Å². The summed E-state index contributed by atoms with van der Waals surface area (Å²) in [4.78, 5) is 2.71. The average molecular weight is 210 g/mol. The maximum Gasteiger partial charge on any atom is 0.00669 e. The fourth-order valence-corrected chi connectivity index (χ4v) is 3.01. The summed E-state index contributed by atoms with van der Waals surface area (Å²) in [5, 5.41) is 3.52. The quantitative estimate of drug-likeness (QED) is 0.768. The van der Waals surface area contributed by atoms with Gasteiger partial charge < -0.3 is 10.2 Å². The van der Waals surface area contributed by atoms with Crippen LogP contribution in [0.4, 0.5) is 0 Å². The van der Waals surface area contributed by atoms with Crippen LogP contribution in [-0.2, 0) is 0 Å². The maximum atomic E-state index is 3.52. The summed E-state index contributed by atoms with van der Waals surface area (Å²) in [7, 11) is 0. The predicted molar refractivity (Wildman–Crippen MR) is 65.1 cm³/mol. The fraction of sp³-hybridized carbons (Fsp3) is 1.00. The second-order valence-corrected chi connectivity index (χ2v) is 5.38. The Bertz CT molecular complexity index is 175. The summed E-state index contributed by atoms with van der Waals surface area (Å²) in [6.45, 7) is 7.60. The van der Waals surface area contributed by atoms with Gasteiger partial charge in [0, 0.05) is 6.04 Å². The molecule has 0 aromatic heterocycles. The van der Waals surface area contributed by atoms with Crippen LogP contribution < -0.4 is 5.32 Å². The molecule has 2 atom stereocenters. The Labute approximate surface area is 94.4 Å². The molecular weight excluding hydrogens is 184 g/mol. The Morgan fingerprint density at radius 3 is 2.87 bits per heavy atom. The van der Waals surface area contributed by atoms with E-state index in [0.29, 0.717) is 0 Å². The molecule has 0 radical (unpaired) electrons. The van der Waals surface area contributed by atoms with E-state index in [0.717, 1.165) is 12.0 Å². The molecule has 0 aromatic carbocycles. The van der Waals surface area contributed by atoms with Gasteiger partial charge in [-0.15, -0.1) is 0 Å². The molecule has 88 valence electrons. The third-order valence-corrected chi connectivity index (χ3v) is 4.16. The van der Waals surface area contributed by atoms with Crippen LogP contribution in [0.3, 0.4) is 0 Å².